The van der Waals surface area contributed by atoms with E-state index in [0.29, 0.717) is 6.42 Å². The monoisotopic (exact) mass is 284 g/mol. The Bertz CT molecular complexity index is 414. The average molecular weight is 285 g/mol. The number of hydrogen-bond donors (Lipinski definition) is 0. The molecule has 5 heteroatoms. The summed E-state index contributed by atoms with van der Waals surface area (Å²) in [6.07, 6.45) is 1.48. The van der Waals surface area contributed by atoms with Crippen molar-refractivity contribution in [2.75, 3.05) is 14.2 Å². The lowest BCUT2D eigenvalue weighted by atomic mass is 9.99. The highest BCUT2D eigenvalue weighted by atomic mass is 35.5. The van der Waals surface area contributed by atoms with Crippen molar-refractivity contribution in [3.8, 4) is 0 Å². The second-order valence-corrected chi connectivity index (χ2v) is 4.77. The van der Waals surface area contributed by atoms with Crippen LogP contribution in [0.3, 0.4) is 0 Å². The zero-order chi connectivity index (χ0) is 14.3. The van der Waals surface area contributed by atoms with Crippen LogP contribution in [-0.2, 0) is 25.5 Å². The highest BCUT2D eigenvalue weighted by Gasteiger charge is 2.46. The van der Waals surface area contributed by atoms with Crippen LogP contribution < -0.4 is 0 Å². The first-order valence-corrected chi connectivity index (χ1v) is 6.32. The maximum atomic E-state index is 11.6. The molecule has 4 nitrogen and oxygen atoms in total. The zero-order valence-electron chi connectivity index (χ0n) is 11.0. The molecule has 0 amide bonds. The normalized spacial score (nSPS) is 10.9. The number of aryl methyl sites for hydroxylation is 1. The summed E-state index contributed by atoms with van der Waals surface area (Å²) in [5, 5.41) is 0. The molecule has 19 heavy (non-hydrogen) atoms. The summed E-state index contributed by atoms with van der Waals surface area (Å²) >= 11 is 6.06. The molecule has 0 spiro atoms. The van der Waals surface area contributed by atoms with Gasteiger partial charge < -0.3 is 9.47 Å². The van der Waals surface area contributed by atoms with E-state index < -0.39 is 16.8 Å². The molecule has 0 aliphatic rings. The van der Waals surface area contributed by atoms with Crippen molar-refractivity contribution >= 4 is 23.5 Å². The highest BCUT2D eigenvalue weighted by molar-refractivity contribution is 6.44. The van der Waals surface area contributed by atoms with E-state index in [0.717, 1.165) is 12.0 Å². The van der Waals surface area contributed by atoms with Gasteiger partial charge in [0.15, 0.2) is 0 Å². The lowest BCUT2D eigenvalue weighted by Gasteiger charge is -2.21. The first kappa shape index (κ1) is 15.5. The van der Waals surface area contributed by atoms with Gasteiger partial charge in [0, 0.05) is 0 Å². The van der Waals surface area contributed by atoms with Gasteiger partial charge in [-0.05, 0) is 24.8 Å². The van der Waals surface area contributed by atoms with Crippen LogP contribution in [0, 0.1) is 0 Å². The van der Waals surface area contributed by atoms with Crippen LogP contribution in [-0.4, -0.2) is 31.0 Å². The Morgan fingerprint density at radius 2 is 1.63 bits per heavy atom. The second-order valence-electron chi connectivity index (χ2n) is 4.12. The van der Waals surface area contributed by atoms with E-state index in [9.17, 15) is 9.59 Å². The molecule has 104 valence electrons. The first-order valence-electron chi connectivity index (χ1n) is 5.94. The maximum absolute atomic E-state index is 11.6. The lowest BCUT2D eigenvalue weighted by Crippen LogP contribution is -2.43. The van der Waals surface area contributed by atoms with Crippen LogP contribution in [0.2, 0.25) is 0 Å². The molecule has 0 N–H and O–H groups in total. The van der Waals surface area contributed by atoms with Gasteiger partial charge in [0.1, 0.15) is 0 Å². The molecule has 0 aliphatic heterocycles. The summed E-state index contributed by atoms with van der Waals surface area (Å²) in [7, 11) is 2.39. The van der Waals surface area contributed by atoms with Gasteiger partial charge in [-0.3, -0.25) is 0 Å². The number of halogens is 1. The minimum atomic E-state index is -1.75. The number of methoxy groups -OCH3 is 2. The van der Waals surface area contributed by atoms with Crippen LogP contribution in [0.15, 0.2) is 30.3 Å². The Hall–Kier alpha value is -1.55. The number of alkyl halides is 1. The number of benzene rings is 1. The number of rotatable bonds is 6. The molecule has 0 fully saturated rings. The topological polar surface area (TPSA) is 52.6 Å². The standard InChI is InChI=1S/C14H17ClO4/c1-18-12(16)14(15,13(17)19-2)10-6-9-11-7-4-3-5-8-11/h3-5,7-8H,6,9-10H2,1-2H3. The molecule has 0 saturated heterocycles. The quantitative estimate of drug-likeness (QED) is 0.457. The van der Waals surface area contributed by atoms with Crippen molar-refractivity contribution < 1.29 is 19.1 Å². The summed E-state index contributed by atoms with van der Waals surface area (Å²) in [4.78, 5) is 21.5. The first-order chi connectivity index (χ1) is 9.04. The molecule has 0 aliphatic carbocycles. The van der Waals surface area contributed by atoms with Crippen LogP contribution in [0.25, 0.3) is 0 Å². The summed E-state index contributed by atoms with van der Waals surface area (Å²) in [6.45, 7) is 0. The average Bonchev–Trinajstić information content (AvgIpc) is 2.46. The molecule has 1 aromatic rings. The Kier molecular flexibility index (Phi) is 5.83. The van der Waals surface area contributed by atoms with Crippen molar-refractivity contribution in [1.29, 1.82) is 0 Å². The molecular weight excluding hydrogens is 268 g/mol. The lowest BCUT2D eigenvalue weighted by molar-refractivity contribution is -0.156. The summed E-state index contributed by atoms with van der Waals surface area (Å²) in [5.74, 6) is -1.57. The van der Waals surface area contributed by atoms with E-state index in [-0.39, 0.29) is 6.42 Å². The smallest absolute Gasteiger partial charge is 0.338 e. The minimum absolute atomic E-state index is 0.169. The predicted octanol–water partition coefficient (Wildman–Crippen LogP) is 2.33. The minimum Gasteiger partial charge on any atom is -0.467 e. The van der Waals surface area contributed by atoms with Crippen LogP contribution >= 0.6 is 11.6 Å². The molecule has 1 rings (SSSR count). The van der Waals surface area contributed by atoms with Crippen LogP contribution in [0.1, 0.15) is 18.4 Å². The Morgan fingerprint density at radius 1 is 1.11 bits per heavy atom. The number of hydrogen-bond acceptors (Lipinski definition) is 4. The van der Waals surface area contributed by atoms with Gasteiger partial charge in [0.25, 0.3) is 0 Å². The summed E-state index contributed by atoms with van der Waals surface area (Å²) in [5.41, 5.74) is 1.12. The zero-order valence-corrected chi connectivity index (χ0v) is 11.8. The molecule has 0 unspecified atom stereocenters. The van der Waals surface area contributed by atoms with Crippen LogP contribution in [0.5, 0.6) is 0 Å². The maximum Gasteiger partial charge on any atom is 0.338 e. The van der Waals surface area contributed by atoms with E-state index >= 15 is 0 Å². The van der Waals surface area contributed by atoms with Gasteiger partial charge >= 0.3 is 11.9 Å². The van der Waals surface area contributed by atoms with E-state index in [1.807, 2.05) is 30.3 Å². The van der Waals surface area contributed by atoms with Crippen molar-refractivity contribution in [3.63, 3.8) is 0 Å². The van der Waals surface area contributed by atoms with Gasteiger partial charge in [0.2, 0.25) is 4.87 Å². The third-order valence-electron chi connectivity index (χ3n) is 2.85. The molecule has 0 aromatic heterocycles. The van der Waals surface area contributed by atoms with Gasteiger partial charge in [0.05, 0.1) is 14.2 Å². The number of carbonyl (C=O) groups is 2. The highest BCUT2D eigenvalue weighted by Crippen LogP contribution is 2.26. The SMILES string of the molecule is COC(=O)C(Cl)(CCCc1ccccc1)C(=O)OC. The van der Waals surface area contributed by atoms with Crippen LogP contribution in [0.4, 0.5) is 0 Å². The van der Waals surface area contributed by atoms with E-state index in [2.05, 4.69) is 9.47 Å². The molecular formula is C14H17ClO4. The largest absolute Gasteiger partial charge is 0.467 e. The molecule has 0 saturated carbocycles. The summed E-state index contributed by atoms with van der Waals surface area (Å²) in [6, 6.07) is 9.75. The summed E-state index contributed by atoms with van der Waals surface area (Å²) < 4.78 is 9.14. The Labute approximate surface area is 117 Å². The number of ether oxygens (including phenoxy) is 2. The van der Waals surface area contributed by atoms with E-state index in [4.69, 9.17) is 11.6 Å². The van der Waals surface area contributed by atoms with Crippen molar-refractivity contribution in [1.82, 2.24) is 0 Å². The van der Waals surface area contributed by atoms with Gasteiger partial charge in [-0.25, -0.2) is 9.59 Å². The van der Waals surface area contributed by atoms with Gasteiger partial charge in [-0.2, -0.15) is 0 Å². The van der Waals surface area contributed by atoms with Crippen molar-refractivity contribution in [2.45, 2.75) is 24.1 Å². The third-order valence-corrected chi connectivity index (χ3v) is 3.35. The molecule has 0 heterocycles. The fourth-order valence-electron chi connectivity index (χ4n) is 1.79. The predicted molar refractivity (Wildman–Crippen MR) is 72.0 cm³/mol. The number of esters is 2. The van der Waals surface area contributed by atoms with E-state index in [1.165, 1.54) is 14.2 Å². The fraction of sp³-hybridized carbons (Fsp3) is 0.429. The molecule has 0 radical (unpaired) electrons. The third kappa shape index (κ3) is 3.96. The van der Waals surface area contributed by atoms with Crippen molar-refractivity contribution in [3.05, 3.63) is 35.9 Å². The van der Waals surface area contributed by atoms with Crippen molar-refractivity contribution in [2.24, 2.45) is 0 Å². The fourth-order valence-corrected chi connectivity index (χ4v) is 2.08. The van der Waals surface area contributed by atoms with E-state index in [1.54, 1.807) is 0 Å². The Balaban J connectivity index is 2.64. The van der Waals surface area contributed by atoms with Gasteiger partial charge in [-0.15, -0.1) is 0 Å². The van der Waals surface area contributed by atoms with Gasteiger partial charge in [-0.1, -0.05) is 41.9 Å². The second kappa shape index (κ2) is 7.14. The molecule has 1 aromatic carbocycles. The number of carbonyl (C=O) groups excluding carboxylic acids is 2. The molecule has 0 atom stereocenters. The Morgan fingerprint density at radius 3 is 2.11 bits per heavy atom. The molecule has 0 bridgehead atoms.